The fourth-order valence-corrected chi connectivity index (χ4v) is 1.40. The lowest BCUT2D eigenvalue weighted by Crippen LogP contribution is -2.14. The molecule has 0 spiro atoms. The minimum absolute atomic E-state index is 0.0555. The minimum atomic E-state index is -0.341. The third-order valence-electron chi connectivity index (χ3n) is 2.24. The van der Waals surface area contributed by atoms with E-state index in [-0.39, 0.29) is 12.6 Å². The van der Waals surface area contributed by atoms with Gasteiger partial charge in [-0.1, -0.05) is 18.2 Å². The van der Waals surface area contributed by atoms with Crippen LogP contribution >= 0.6 is 0 Å². The van der Waals surface area contributed by atoms with Gasteiger partial charge in [-0.15, -0.1) is 13.2 Å². The summed E-state index contributed by atoms with van der Waals surface area (Å²) in [6.07, 6.45) is 1.71. The number of para-hydroxylation sites is 1. The number of rotatable bonds is 2. The number of nitrogens with zero attached hydrogens (tertiary/aromatic N) is 1. The molecule has 1 heterocycles. The Morgan fingerprint density at radius 1 is 1.31 bits per heavy atom. The first kappa shape index (κ1) is 12.4. The molecule has 0 aliphatic rings. The normalized spacial score (nSPS) is 11.6. The molecule has 1 unspecified atom stereocenters. The molecule has 0 aliphatic carbocycles. The SMILES string of the molecule is C=C.NC(CO)c1cnc2ccccc2c1. The second-order valence-corrected chi connectivity index (χ2v) is 3.25. The van der Waals surface area contributed by atoms with Crippen LogP contribution in [-0.4, -0.2) is 16.7 Å². The van der Waals surface area contributed by atoms with Gasteiger partial charge in [0.2, 0.25) is 0 Å². The third-order valence-corrected chi connectivity index (χ3v) is 2.24. The maximum absolute atomic E-state index is 8.91. The Hall–Kier alpha value is -1.71. The summed E-state index contributed by atoms with van der Waals surface area (Å²) in [7, 11) is 0. The van der Waals surface area contributed by atoms with Crippen molar-refractivity contribution in [2.75, 3.05) is 6.61 Å². The molecule has 0 saturated carbocycles. The number of hydrogen-bond acceptors (Lipinski definition) is 3. The smallest absolute Gasteiger partial charge is 0.0702 e. The topological polar surface area (TPSA) is 59.1 Å². The van der Waals surface area contributed by atoms with Gasteiger partial charge in [-0.3, -0.25) is 4.98 Å². The highest BCUT2D eigenvalue weighted by Gasteiger charge is 2.04. The Morgan fingerprint density at radius 2 is 2.00 bits per heavy atom. The van der Waals surface area contributed by atoms with Crippen LogP contribution in [0.5, 0.6) is 0 Å². The first-order valence-electron chi connectivity index (χ1n) is 5.02. The lowest BCUT2D eigenvalue weighted by molar-refractivity contribution is 0.268. The highest BCUT2D eigenvalue weighted by molar-refractivity contribution is 5.78. The molecule has 84 valence electrons. The average molecular weight is 216 g/mol. The van der Waals surface area contributed by atoms with Gasteiger partial charge in [0.05, 0.1) is 18.2 Å². The molecule has 3 heteroatoms. The number of aliphatic hydroxyl groups is 1. The van der Waals surface area contributed by atoms with Gasteiger partial charge in [-0.25, -0.2) is 0 Å². The predicted molar refractivity (Wildman–Crippen MR) is 67.0 cm³/mol. The van der Waals surface area contributed by atoms with E-state index >= 15 is 0 Å². The maximum atomic E-state index is 8.91. The van der Waals surface area contributed by atoms with Crippen molar-refractivity contribution in [3.8, 4) is 0 Å². The summed E-state index contributed by atoms with van der Waals surface area (Å²) < 4.78 is 0. The Kier molecular flexibility index (Phi) is 4.64. The highest BCUT2D eigenvalue weighted by Crippen LogP contribution is 2.16. The van der Waals surface area contributed by atoms with E-state index < -0.39 is 0 Å². The molecule has 0 aliphatic heterocycles. The molecule has 2 rings (SSSR count). The van der Waals surface area contributed by atoms with Crippen LogP contribution in [0.25, 0.3) is 10.9 Å². The van der Waals surface area contributed by atoms with E-state index in [0.717, 1.165) is 16.5 Å². The van der Waals surface area contributed by atoms with E-state index in [9.17, 15) is 0 Å². The summed E-state index contributed by atoms with van der Waals surface area (Å²) >= 11 is 0. The van der Waals surface area contributed by atoms with Crippen molar-refractivity contribution < 1.29 is 5.11 Å². The zero-order chi connectivity index (χ0) is 12.0. The van der Waals surface area contributed by atoms with Gasteiger partial charge in [-0.05, 0) is 17.7 Å². The molecule has 16 heavy (non-hydrogen) atoms. The van der Waals surface area contributed by atoms with E-state index in [0.29, 0.717) is 0 Å². The molecule has 0 saturated heterocycles. The quantitative estimate of drug-likeness (QED) is 0.755. The largest absolute Gasteiger partial charge is 0.394 e. The Bertz CT molecular complexity index is 456. The van der Waals surface area contributed by atoms with Crippen LogP contribution in [0.4, 0.5) is 0 Å². The number of aliphatic hydroxyl groups excluding tert-OH is 1. The fraction of sp³-hybridized carbons (Fsp3) is 0.154. The van der Waals surface area contributed by atoms with Crippen LogP contribution in [0.15, 0.2) is 49.7 Å². The van der Waals surface area contributed by atoms with E-state index in [2.05, 4.69) is 18.1 Å². The van der Waals surface area contributed by atoms with Gasteiger partial charge in [0.25, 0.3) is 0 Å². The van der Waals surface area contributed by atoms with Gasteiger partial charge in [-0.2, -0.15) is 0 Å². The molecule has 0 fully saturated rings. The van der Waals surface area contributed by atoms with Crippen LogP contribution in [0.2, 0.25) is 0 Å². The molecule has 2 aromatic rings. The molecule has 1 atom stereocenters. The van der Waals surface area contributed by atoms with Crippen molar-refractivity contribution in [1.29, 1.82) is 0 Å². The second-order valence-electron chi connectivity index (χ2n) is 3.25. The molecule has 0 radical (unpaired) electrons. The number of nitrogens with two attached hydrogens (primary N) is 1. The Balaban J connectivity index is 0.000000606. The molecule has 1 aromatic heterocycles. The molecule has 0 bridgehead atoms. The number of benzene rings is 1. The summed E-state index contributed by atoms with van der Waals surface area (Å²) in [4.78, 5) is 4.26. The van der Waals surface area contributed by atoms with Crippen molar-refractivity contribution in [2.45, 2.75) is 6.04 Å². The molecule has 3 N–H and O–H groups in total. The highest BCUT2D eigenvalue weighted by atomic mass is 16.3. The Morgan fingerprint density at radius 3 is 2.69 bits per heavy atom. The van der Waals surface area contributed by atoms with Crippen molar-refractivity contribution in [3.05, 3.63) is 55.3 Å². The Labute approximate surface area is 95.2 Å². The summed E-state index contributed by atoms with van der Waals surface area (Å²) in [6, 6.07) is 9.45. The van der Waals surface area contributed by atoms with Gasteiger partial charge in [0, 0.05) is 11.6 Å². The van der Waals surface area contributed by atoms with Gasteiger partial charge in [0.1, 0.15) is 0 Å². The van der Waals surface area contributed by atoms with Gasteiger partial charge in [0.15, 0.2) is 0 Å². The molecule has 0 amide bonds. The van der Waals surface area contributed by atoms with Crippen molar-refractivity contribution in [3.63, 3.8) is 0 Å². The molecular formula is C13H16N2O. The van der Waals surface area contributed by atoms with Gasteiger partial charge >= 0.3 is 0 Å². The standard InChI is InChI=1S/C11H12N2O.C2H4/c12-10(7-14)9-5-8-3-1-2-4-11(8)13-6-9;1-2/h1-6,10,14H,7,12H2;1-2H2. The van der Waals surface area contributed by atoms with Crippen molar-refractivity contribution in [2.24, 2.45) is 5.73 Å². The summed E-state index contributed by atoms with van der Waals surface area (Å²) in [5.41, 5.74) is 7.51. The predicted octanol–water partition coefficient (Wildman–Crippen LogP) is 2.03. The average Bonchev–Trinajstić information content (AvgIpc) is 2.39. The number of hydrogen-bond donors (Lipinski definition) is 2. The van der Waals surface area contributed by atoms with Crippen LogP contribution in [0.1, 0.15) is 11.6 Å². The van der Waals surface area contributed by atoms with Crippen molar-refractivity contribution in [1.82, 2.24) is 4.98 Å². The zero-order valence-electron chi connectivity index (χ0n) is 9.13. The number of aromatic nitrogens is 1. The van der Waals surface area contributed by atoms with E-state index in [1.807, 2.05) is 30.3 Å². The zero-order valence-corrected chi connectivity index (χ0v) is 9.13. The molecule has 3 nitrogen and oxygen atoms in total. The van der Waals surface area contributed by atoms with Gasteiger partial charge < -0.3 is 10.8 Å². The van der Waals surface area contributed by atoms with E-state index in [4.69, 9.17) is 10.8 Å². The van der Waals surface area contributed by atoms with Crippen LogP contribution in [0.3, 0.4) is 0 Å². The third kappa shape index (κ3) is 2.66. The summed E-state index contributed by atoms with van der Waals surface area (Å²) in [5, 5.41) is 9.96. The first-order valence-corrected chi connectivity index (χ1v) is 5.02. The molecular weight excluding hydrogens is 200 g/mol. The molecule has 1 aromatic carbocycles. The van der Waals surface area contributed by atoms with Crippen molar-refractivity contribution >= 4 is 10.9 Å². The van der Waals surface area contributed by atoms with Crippen LogP contribution < -0.4 is 5.73 Å². The fourth-order valence-electron chi connectivity index (χ4n) is 1.40. The summed E-state index contributed by atoms with van der Waals surface area (Å²) in [6.45, 7) is 5.94. The van der Waals surface area contributed by atoms with Crippen LogP contribution in [0, 0.1) is 0 Å². The monoisotopic (exact) mass is 216 g/mol. The lowest BCUT2D eigenvalue weighted by Gasteiger charge is -2.08. The van der Waals surface area contributed by atoms with E-state index in [1.54, 1.807) is 6.20 Å². The number of fused-ring (bicyclic) bond motifs is 1. The van der Waals surface area contributed by atoms with Crippen LogP contribution in [-0.2, 0) is 0 Å². The minimum Gasteiger partial charge on any atom is -0.394 e. The second kappa shape index (κ2) is 6.00. The summed E-state index contributed by atoms with van der Waals surface area (Å²) in [5.74, 6) is 0. The first-order chi connectivity index (χ1) is 7.81. The number of pyridine rings is 1. The lowest BCUT2D eigenvalue weighted by atomic mass is 10.1. The maximum Gasteiger partial charge on any atom is 0.0702 e. The van der Waals surface area contributed by atoms with E-state index in [1.165, 1.54) is 0 Å².